The number of benzene rings is 1. The Morgan fingerprint density at radius 3 is 2.59 bits per heavy atom. The van der Waals surface area contributed by atoms with Gasteiger partial charge in [-0.1, -0.05) is 12.1 Å². The van der Waals surface area contributed by atoms with Crippen molar-refractivity contribution in [3.63, 3.8) is 0 Å². The van der Waals surface area contributed by atoms with Crippen LogP contribution in [-0.2, 0) is 17.6 Å². The zero-order chi connectivity index (χ0) is 21.0. The molecule has 1 aromatic heterocycles. The van der Waals surface area contributed by atoms with Crippen LogP contribution in [0.2, 0.25) is 0 Å². The molecule has 7 heteroatoms. The summed E-state index contributed by atoms with van der Waals surface area (Å²) < 4.78 is 5.39. The number of carbonyl (C=O) groups excluding carboxylic acids is 2. The molecule has 0 spiro atoms. The van der Waals surface area contributed by atoms with Gasteiger partial charge in [0.1, 0.15) is 11.4 Å². The molecule has 1 aliphatic carbocycles. The molecule has 1 aliphatic rings. The Balaban J connectivity index is 1.65. The summed E-state index contributed by atoms with van der Waals surface area (Å²) in [5.41, 5.74) is 3.25. The minimum absolute atomic E-state index is 0.00154. The number of nitrogens with one attached hydrogen (secondary N) is 2. The lowest BCUT2D eigenvalue weighted by Crippen LogP contribution is -2.34. The third kappa shape index (κ3) is 4.67. The number of Topliss-reactive ketones (excluding diaryl/α,β-unsaturated/α-hetero) is 1. The molecule has 7 nitrogen and oxygen atoms in total. The van der Waals surface area contributed by atoms with E-state index in [9.17, 15) is 19.5 Å². The predicted molar refractivity (Wildman–Crippen MR) is 108 cm³/mol. The summed E-state index contributed by atoms with van der Waals surface area (Å²) in [5, 5.41) is 12.3. The van der Waals surface area contributed by atoms with Gasteiger partial charge in [0.2, 0.25) is 0 Å². The van der Waals surface area contributed by atoms with E-state index in [1.807, 2.05) is 19.1 Å². The molecule has 0 bridgehead atoms. The second-order valence-electron chi connectivity index (χ2n) is 7.28. The molecular weight excluding hydrogens is 372 g/mol. The Morgan fingerprint density at radius 1 is 1.24 bits per heavy atom. The first-order valence-corrected chi connectivity index (χ1v) is 9.88. The van der Waals surface area contributed by atoms with Crippen molar-refractivity contribution in [1.29, 1.82) is 0 Å². The summed E-state index contributed by atoms with van der Waals surface area (Å²) in [5.74, 6) is -1.34. The third-order valence-corrected chi connectivity index (χ3v) is 5.24. The van der Waals surface area contributed by atoms with E-state index in [2.05, 4.69) is 10.3 Å². The van der Waals surface area contributed by atoms with E-state index in [0.717, 1.165) is 29.8 Å². The molecular formula is C22H26N2O5. The van der Waals surface area contributed by atoms with Crippen LogP contribution in [0.4, 0.5) is 0 Å². The van der Waals surface area contributed by atoms with E-state index >= 15 is 0 Å². The van der Waals surface area contributed by atoms with Crippen LogP contribution in [0.5, 0.6) is 5.75 Å². The summed E-state index contributed by atoms with van der Waals surface area (Å²) in [6.45, 7) is 4.21. The maximum Gasteiger partial charge on any atom is 0.308 e. The summed E-state index contributed by atoms with van der Waals surface area (Å²) in [6.07, 6.45) is 2.30. The Morgan fingerprint density at radius 2 is 1.97 bits per heavy atom. The average molecular weight is 398 g/mol. The molecule has 29 heavy (non-hydrogen) atoms. The van der Waals surface area contributed by atoms with Gasteiger partial charge < -0.3 is 20.1 Å². The zero-order valence-electron chi connectivity index (χ0n) is 16.7. The first-order valence-electron chi connectivity index (χ1n) is 9.88. The van der Waals surface area contributed by atoms with Gasteiger partial charge in [0.25, 0.3) is 5.91 Å². The number of carbonyl (C=O) groups is 3. The fraction of sp³-hybridized carbons (Fsp3) is 0.409. The van der Waals surface area contributed by atoms with Crippen molar-refractivity contribution in [3.05, 3.63) is 52.3 Å². The number of fused-ring (bicyclic) bond motifs is 1. The van der Waals surface area contributed by atoms with Crippen LogP contribution in [0.15, 0.2) is 24.3 Å². The molecule has 1 heterocycles. The highest BCUT2D eigenvalue weighted by Crippen LogP contribution is 2.26. The highest BCUT2D eigenvalue weighted by molar-refractivity contribution is 6.04. The molecule has 2 aromatic rings. The standard InChI is InChI=1S/C22H26N2O5/c1-3-29-16-9-7-14(8-10-16)11-15(22(27)28)12-23-21(26)20-13(2)19-17(24-20)5-4-6-18(19)25/h7-10,15,24H,3-6,11-12H2,1-2H3,(H,23,26)(H,27,28). The lowest BCUT2D eigenvalue weighted by molar-refractivity contribution is -0.141. The number of aromatic amines is 1. The number of aliphatic carboxylic acids is 1. The number of rotatable bonds is 8. The molecule has 1 atom stereocenters. The number of ether oxygens (including phenoxy) is 1. The predicted octanol–water partition coefficient (Wildman–Crippen LogP) is 2.91. The fourth-order valence-corrected chi connectivity index (χ4v) is 3.73. The van der Waals surface area contributed by atoms with Crippen LogP contribution in [0.3, 0.4) is 0 Å². The lowest BCUT2D eigenvalue weighted by atomic mass is 9.94. The Bertz CT molecular complexity index is 914. The number of ketones is 1. The molecule has 0 radical (unpaired) electrons. The van der Waals surface area contributed by atoms with Crippen LogP contribution in [0, 0.1) is 12.8 Å². The van der Waals surface area contributed by atoms with Gasteiger partial charge in [0.05, 0.1) is 12.5 Å². The maximum atomic E-state index is 12.6. The molecule has 1 unspecified atom stereocenters. The van der Waals surface area contributed by atoms with Gasteiger partial charge in [0.15, 0.2) is 5.78 Å². The largest absolute Gasteiger partial charge is 0.494 e. The Hall–Kier alpha value is -3.09. The smallest absolute Gasteiger partial charge is 0.308 e. The zero-order valence-corrected chi connectivity index (χ0v) is 16.7. The van der Waals surface area contributed by atoms with Crippen LogP contribution < -0.4 is 10.1 Å². The van der Waals surface area contributed by atoms with Gasteiger partial charge in [-0.2, -0.15) is 0 Å². The minimum Gasteiger partial charge on any atom is -0.494 e. The third-order valence-electron chi connectivity index (χ3n) is 5.24. The fourth-order valence-electron chi connectivity index (χ4n) is 3.73. The number of H-pyrrole nitrogens is 1. The normalized spacial score (nSPS) is 14.2. The van der Waals surface area contributed by atoms with Crippen molar-refractivity contribution in [2.45, 2.75) is 39.5 Å². The van der Waals surface area contributed by atoms with Crippen molar-refractivity contribution >= 4 is 17.7 Å². The van der Waals surface area contributed by atoms with E-state index in [0.29, 0.717) is 36.3 Å². The van der Waals surface area contributed by atoms with Gasteiger partial charge >= 0.3 is 5.97 Å². The summed E-state index contributed by atoms with van der Waals surface area (Å²) in [4.78, 5) is 39.5. The molecule has 0 fully saturated rings. The summed E-state index contributed by atoms with van der Waals surface area (Å²) in [7, 11) is 0. The molecule has 3 rings (SSSR count). The summed E-state index contributed by atoms with van der Waals surface area (Å²) in [6, 6.07) is 7.27. The van der Waals surface area contributed by atoms with Gasteiger partial charge in [-0.25, -0.2) is 0 Å². The van der Waals surface area contributed by atoms with E-state index < -0.39 is 11.9 Å². The monoisotopic (exact) mass is 398 g/mol. The Labute approximate surface area is 169 Å². The topological polar surface area (TPSA) is 108 Å². The van der Waals surface area contributed by atoms with Gasteiger partial charge in [0, 0.05) is 24.2 Å². The first kappa shape index (κ1) is 20.6. The van der Waals surface area contributed by atoms with Crippen LogP contribution in [-0.4, -0.2) is 40.9 Å². The van der Waals surface area contributed by atoms with Crippen molar-refractivity contribution in [3.8, 4) is 5.75 Å². The molecule has 0 saturated carbocycles. The quantitative estimate of drug-likeness (QED) is 0.634. The van der Waals surface area contributed by atoms with Crippen molar-refractivity contribution in [1.82, 2.24) is 10.3 Å². The van der Waals surface area contributed by atoms with Gasteiger partial charge in [-0.15, -0.1) is 0 Å². The van der Waals surface area contributed by atoms with E-state index in [-0.39, 0.29) is 18.2 Å². The molecule has 0 aliphatic heterocycles. The Kier molecular flexibility index (Phi) is 6.36. The number of carboxylic acid groups (broad SMARTS) is 1. The number of hydrogen-bond donors (Lipinski definition) is 3. The molecule has 1 amide bonds. The van der Waals surface area contributed by atoms with Crippen molar-refractivity contribution < 1.29 is 24.2 Å². The number of amides is 1. The highest BCUT2D eigenvalue weighted by atomic mass is 16.5. The number of aromatic nitrogens is 1. The molecule has 154 valence electrons. The number of hydrogen-bond acceptors (Lipinski definition) is 4. The minimum atomic E-state index is -0.975. The number of carboxylic acids is 1. The highest BCUT2D eigenvalue weighted by Gasteiger charge is 2.27. The first-order chi connectivity index (χ1) is 13.9. The molecule has 0 saturated heterocycles. The second kappa shape index (κ2) is 8.94. The molecule has 1 aromatic carbocycles. The SMILES string of the molecule is CCOc1ccc(CC(CNC(=O)c2[nH]c3c(c2C)C(=O)CCC3)C(=O)O)cc1. The van der Waals surface area contributed by atoms with Crippen LogP contribution in [0.25, 0.3) is 0 Å². The lowest BCUT2D eigenvalue weighted by Gasteiger charge is -2.14. The maximum absolute atomic E-state index is 12.6. The summed E-state index contributed by atoms with van der Waals surface area (Å²) >= 11 is 0. The number of aryl methyl sites for hydroxylation is 1. The van der Waals surface area contributed by atoms with Crippen molar-refractivity contribution in [2.75, 3.05) is 13.2 Å². The van der Waals surface area contributed by atoms with Gasteiger partial charge in [-0.05, 0) is 56.4 Å². The molecule has 3 N–H and O–H groups in total. The van der Waals surface area contributed by atoms with Crippen LogP contribution in [0.1, 0.15) is 57.4 Å². The van der Waals surface area contributed by atoms with E-state index in [4.69, 9.17) is 4.74 Å². The van der Waals surface area contributed by atoms with Gasteiger partial charge in [-0.3, -0.25) is 14.4 Å². The second-order valence-corrected chi connectivity index (χ2v) is 7.28. The average Bonchev–Trinajstić information content (AvgIpc) is 3.04. The van der Waals surface area contributed by atoms with E-state index in [1.165, 1.54) is 0 Å². The van der Waals surface area contributed by atoms with E-state index in [1.54, 1.807) is 19.1 Å². The van der Waals surface area contributed by atoms with Crippen molar-refractivity contribution in [2.24, 2.45) is 5.92 Å². The van der Waals surface area contributed by atoms with Crippen LogP contribution >= 0.6 is 0 Å².